The van der Waals surface area contributed by atoms with E-state index in [-0.39, 0.29) is 17.4 Å². The average molecular weight is 280 g/mol. The molecule has 1 saturated heterocycles. The molecule has 0 N–H and O–H groups in total. The number of rotatable bonds is 1. The molecule has 6 heteroatoms. The molecular formula is C8H10BrNO3S. The van der Waals surface area contributed by atoms with Crippen molar-refractivity contribution in [3.63, 3.8) is 0 Å². The van der Waals surface area contributed by atoms with E-state index in [1.807, 2.05) is 0 Å². The van der Waals surface area contributed by atoms with E-state index in [9.17, 15) is 8.42 Å². The van der Waals surface area contributed by atoms with Crippen molar-refractivity contribution in [3.8, 4) is 0 Å². The monoisotopic (exact) mass is 279 g/mol. The maximum atomic E-state index is 11.2. The van der Waals surface area contributed by atoms with Crippen LogP contribution < -0.4 is 0 Å². The van der Waals surface area contributed by atoms with E-state index in [1.54, 1.807) is 6.20 Å². The molecule has 78 valence electrons. The molecule has 1 aliphatic heterocycles. The van der Waals surface area contributed by atoms with Gasteiger partial charge in [0.1, 0.15) is 15.6 Å². The van der Waals surface area contributed by atoms with Gasteiger partial charge < -0.3 is 4.42 Å². The molecule has 4 nitrogen and oxygen atoms in total. The topological polar surface area (TPSA) is 60.2 Å². The first-order valence-corrected chi connectivity index (χ1v) is 7.00. The molecule has 0 atom stereocenters. The lowest BCUT2D eigenvalue weighted by atomic mass is 10.0. The molecule has 14 heavy (non-hydrogen) atoms. The lowest BCUT2D eigenvalue weighted by molar-refractivity contribution is 0.422. The van der Waals surface area contributed by atoms with E-state index in [4.69, 9.17) is 4.42 Å². The van der Waals surface area contributed by atoms with Crippen molar-refractivity contribution < 1.29 is 12.8 Å². The highest BCUT2D eigenvalue weighted by molar-refractivity contribution is 9.10. The van der Waals surface area contributed by atoms with Gasteiger partial charge in [0.05, 0.1) is 17.7 Å². The smallest absolute Gasteiger partial charge is 0.264 e. The average Bonchev–Trinajstić information content (AvgIpc) is 2.52. The van der Waals surface area contributed by atoms with Gasteiger partial charge in [-0.25, -0.2) is 13.4 Å². The van der Waals surface area contributed by atoms with Crippen molar-refractivity contribution in [2.24, 2.45) is 0 Å². The van der Waals surface area contributed by atoms with Crippen LogP contribution in [0.2, 0.25) is 0 Å². The Balaban J connectivity index is 2.09. The van der Waals surface area contributed by atoms with Crippen LogP contribution >= 0.6 is 15.9 Å². The van der Waals surface area contributed by atoms with E-state index >= 15 is 0 Å². The Bertz CT molecular complexity index is 412. The minimum atomic E-state index is -2.79. The predicted molar refractivity (Wildman–Crippen MR) is 54.8 cm³/mol. The largest absolute Gasteiger partial charge is 0.436 e. The summed E-state index contributed by atoms with van der Waals surface area (Å²) in [6, 6.07) is 0. The van der Waals surface area contributed by atoms with Crippen LogP contribution in [0.25, 0.3) is 0 Å². The number of hydrogen-bond acceptors (Lipinski definition) is 4. The van der Waals surface area contributed by atoms with Crippen LogP contribution in [0.5, 0.6) is 0 Å². The van der Waals surface area contributed by atoms with Gasteiger partial charge in [-0.2, -0.15) is 0 Å². The lowest BCUT2D eigenvalue weighted by Crippen LogP contribution is -2.21. The molecule has 2 heterocycles. The van der Waals surface area contributed by atoms with Gasteiger partial charge in [0.2, 0.25) is 0 Å². The van der Waals surface area contributed by atoms with E-state index < -0.39 is 9.84 Å². The fraction of sp³-hybridized carbons (Fsp3) is 0.625. The molecule has 2 rings (SSSR count). The van der Waals surface area contributed by atoms with Gasteiger partial charge in [-0.15, -0.1) is 0 Å². The molecule has 1 aromatic heterocycles. The predicted octanol–water partition coefficient (Wildman–Crippen LogP) is 1.73. The fourth-order valence-electron chi connectivity index (χ4n) is 1.63. The second-order valence-corrected chi connectivity index (χ2v) is 6.42. The molecule has 0 saturated carbocycles. The summed E-state index contributed by atoms with van der Waals surface area (Å²) in [6.07, 6.45) is 2.95. The Morgan fingerprint density at radius 2 is 2.07 bits per heavy atom. The van der Waals surface area contributed by atoms with Gasteiger partial charge in [0.25, 0.3) is 4.80 Å². The number of oxazole rings is 1. The van der Waals surface area contributed by atoms with Crippen molar-refractivity contribution in [1.82, 2.24) is 4.98 Å². The highest BCUT2D eigenvalue weighted by Crippen LogP contribution is 2.30. The highest BCUT2D eigenvalue weighted by atomic mass is 79.9. The van der Waals surface area contributed by atoms with Gasteiger partial charge in [-0.1, -0.05) is 0 Å². The molecule has 0 aromatic carbocycles. The molecular weight excluding hydrogens is 270 g/mol. The molecule has 0 bridgehead atoms. The van der Waals surface area contributed by atoms with Crippen molar-refractivity contribution >= 4 is 25.8 Å². The summed E-state index contributed by atoms with van der Waals surface area (Å²) in [7, 11) is -2.79. The van der Waals surface area contributed by atoms with Crippen LogP contribution in [0, 0.1) is 0 Å². The fourth-order valence-corrected chi connectivity index (χ4v) is 3.41. The first kappa shape index (κ1) is 10.2. The zero-order chi connectivity index (χ0) is 10.2. The van der Waals surface area contributed by atoms with E-state index in [2.05, 4.69) is 20.9 Å². The minimum Gasteiger partial charge on any atom is -0.436 e. The summed E-state index contributed by atoms with van der Waals surface area (Å²) in [5.41, 5.74) is 0. The maximum Gasteiger partial charge on any atom is 0.264 e. The Hall–Kier alpha value is -0.360. The third-order valence-electron chi connectivity index (χ3n) is 2.45. The molecule has 0 unspecified atom stereocenters. The summed E-state index contributed by atoms with van der Waals surface area (Å²) >= 11 is 3.13. The SMILES string of the molecule is O=S1(=O)CCC(c2cnc(Br)o2)CC1. The molecule has 0 spiro atoms. The first-order valence-electron chi connectivity index (χ1n) is 4.38. The molecule has 0 aliphatic carbocycles. The van der Waals surface area contributed by atoms with Crippen LogP contribution in [-0.4, -0.2) is 24.9 Å². The van der Waals surface area contributed by atoms with Gasteiger partial charge >= 0.3 is 0 Å². The molecule has 1 aromatic rings. The Morgan fingerprint density at radius 3 is 2.57 bits per heavy atom. The van der Waals surface area contributed by atoms with E-state index in [1.165, 1.54) is 0 Å². The Labute approximate surface area is 90.8 Å². The summed E-state index contributed by atoms with van der Waals surface area (Å²) in [5, 5.41) is 0. The number of hydrogen-bond donors (Lipinski definition) is 0. The summed E-state index contributed by atoms with van der Waals surface area (Å²) in [6.45, 7) is 0. The number of sulfone groups is 1. The molecule has 0 radical (unpaired) electrons. The second kappa shape index (κ2) is 3.66. The quantitative estimate of drug-likeness (QED) is 0.786. The standard InChI is InChI=1S/C8H10BrNO3S/c9-8-10-5-7(13-8)6-1-3-14(11,12)4-2-6/h5-6H,1-4H2. The zero-order valence-electron chi connectivity index (χ0n) is 7.44. The Kier molecular flexibility index (Phi) is 2.66. The van der Waals surface area contributed by atoms with Crippen LogP contribution in [0.3, 0.4) is 0 Å². The van der Waals surface area contributed by atoms with Crippen molar-refractivity contribution in [3.05, 3.63) is 16.8 Å². The number of aromatic nitrogens is 1. The summed E-state index contributed by atoms with van der Waals surface area (Å²) in [4.78, 5) is 4.39. The van der Waals surface area contributed by atoms with E-state index in [0.717, 1.165) is 5.76 Å². The highest BCUT2D eigenvalue weighted by Gasteiger charge is 2.26. The number of nitrogens with zero attached hydrogens (tertiary/aromatic N) is 1. The zero-order valence-corrected chi connectivity index (χ0v) is 9.84. The molecule has 0 amide bonds. The van der Waals surface area contributed by atoms with Crippen molar-refractivity contribution in [2.75, 3.05) is 11.5 Å². The third-order valence-corrected chi connectivity index (χ3v) is 4.53. The number of halogens is 1. The van der Waals surface area contributed by atoms with Crippen molar-refractivity contribution in [1.29, 1.82) is 0 Å². The third kappa shape index (κ3) is 2.17. The van der Waals surface area contributed by atoms with Crippen molar-refractivity contribution in [2.45, 2.75) is 18.8 Å². The lowest BCUT2D eigenvalue weighted by Gasteiger charge is -2.19. The minimum absolute atomic E-state index is 0.206. The summed E-state index contributed by atoms with van der Waals surface area (Å²) in [5.74, 6) is 1.51. The van der Waals surface area contributed by atoms with Crippen LogP contribution in [-0.2, 0) is 9.84 Å². The molecule has 1 fully saturated rings. The second-order valence-electron chi connectivity index (χ2n) is 3.44. The summed E-state index contributed by atoms with van der Waals surface area (Å²) < 4.78 is 27.7. The Morgan fingerprint density at radius 1 is 1.43 bits per heavy atom. The van der Waals surface area contributed by atoms with Gasteiger partial charge in [-0.05, 0) is 12.8 Å². The normalized spacial score (nSPS) is 22.4. The molecule has 1 aliphatic rings. The van der Waals surface area contributed by atoms with Crippen LogP contribution in [0.1, 0.15) is 24.5 Å². The van der Waals surface area contributed by atoms with Gasteiger partial charge in [-0.3, -0.25) is 0 Å². The van der Waals surface area contributed by atoms with Gasteiger partial charge in [0, 0.05) is 21.8 Å². The van der Waals surface area contributed by atoms with Gasteiger partial charge in [0.15, 0.2) is 0 Å². The maximum absolute atomic E-state index is 11.2. The van der Waals surface area contributed by atoms with Crippen LogP contribution in [0.15, 0.2) is 15.4 Å². The van der Waals surface area contributed by atoms with E-state index in [0.29, 0.717) is 17.6 Å². The van der Waals surface area contributed by atoms with Crippen LogP contribution in [0.4, 0.5) is 0 Å². The first-order chi connectivity index (χ1) is 6.57.